The molecule has 0 saturated heterocycles. The number of carbonyl (C=O) groups excluding carboxylic acids is 1. The maximum absolute atomic E-state index is 11.5. The second-order valence-corrected chi connectivity index (χ2v) is 3.17. The van der Waals surface area contributed by atoms with E-state index in [0.29, 0.717) is 5.76 Å². The molecule has 2 aromatic rings. The number of para-hydroxylation sites is 1. The highest BCUT2D eigenvalue weighted by Crippen LogP contribution is 2.07. The number of nitrogens with one attached hydrogen (secondary N) is 1. The van der Waals surface area contributed by atoms with Gasteiger partial charge in [0.1, 0.15) is 5.76 Å². The number of amides is 1. The molecule has 0 fully saturated rings. The van der Waals surface area contributed by atoms with Crippen LogP contribution in [0.3, 0.4) is 0 Å². The smallest absolute Gasteiger partial charge is 0.231 e. The lowest BCUT2D eigenvalue weighted by Gasteiger charge is -2.02. The summed E-state index contributed by atoms with van der Waals surface area (Å²) in [7, 11) is 0. The summed E-state index contributed by atoms with van der Waals surface area (Å²) in [5, 5.41) is 2.78. The van der Waals surface area contributed by atoms with Gasteiger partial charge in [-0.15, -0.1) is 0 Å². The van der Waals surface area contributed by atoms with E-state index in [4.69, 9.17) is 4.42 Å². The van der Waals surface area contributed by atoms with Crippen LogP contribution in [0.5, 0.6) is 0 Å². The molecule has 0 aliphatic heterocycles. The van der Waals surface area contributed by atoms with Crippen LogP contribution in [0.2, 0.25) is 0 Å². The van der Waals surface area contributed by atoms with Crippen LogP contribution in [0.25, 0.3) is 0 Å². The Morgan fingerprint density at radius 2 is 1.93 bits per heavy atom. The Morgan fingerprint density at radius 1 is 1.13 bits per heavy atom. The van der Waals surface area contributed by atoms with E-state index in [1.165, 1.54) is 0 Å². The highest BCUT2D eigenvalue weighted by molar-refractivity contribution is 5.91. The van der Waals surface area contributed by atoms with Crippen molar-refractivity contribution in [3.05, 3.63) is 54.5 Å². The number of furan rings is 1. The Kier molecular flexibility index (Phi) is 2.83. The predicted octanol–water partition coefficient (Wildman–Crippen LogP) is 2.46. The predicted molar refractivity (Wildman–Crippen MR) is 57.5 cm³/mol. The molecule has 1 N–H and O–H groups in total. The van der Waals surface area contributed by atoms with E-state index >= 15 is 0 Å². The van der Waals surface area contributed by atoms with Crippen molar-refractivity contribution < 1.29 is 9.21 Å². The number of rotatable bonds is 3. The third-order valence-electron chi connectivity index (χ3n) is 1.97. The molecule has 1 aromatic carbocycles. The van der Waals surface area contributed by atoms with Gasteiger partial charge in [0.2, 0.25) is 5.91 Å². The molecule has 0 radical (unpaired) electrons. The Balaban J connectivity index is 1.94. The topological polar surface area (TPSA) is 42.2 Å². The fraction of sp³-hybridized carbons (Fsp3) is 0.0833. The first-order valence-corrected chi connectivity index (χ1v) is 4.72. The fourth-order valence-corrected chi connectivity index (χ4v) is 1.30. The summed E-state index contributed by atoms with van der Waals surface area (Å²) >= 11 is 0. The number of hydrogen-bond acceptors (Lipinski definition) is 2. The van der Waals surface area contributed by atoms with E-state index in [-0.39, 0.29) is 12.3 Å². The molecule has 3 heteroatoms. The summed E-state index contributed by atoms with van der Waals surface area (Å²) in [6.45, 7) is 0. The Hall–Kier alpha value is -2.03. The van der Waals surface area contributed by atoms with E-state index in [1.807, 2.05) is 30.3 Å². The van der Waals surface area contributed by atoms with E-state index in [0.717, 1.165) is 5.69 Å². The van der Waals surface area contributed by atoms with Crippen LogP contribution in [0.4, 0.5) is 5.69 Å². The average Bonchev–Trinajstić information content (AvgIpc) is 2.71. The highest BCUT2D eigenvalue weighted by Gasteiger charge is 2.05. The highest BCUT2D eigenvalue weighted by atomic mass is 16.3. The minimum atomic E-state index is -0.0730. The quantitative estimate of drug-likeness (QED) is 0.828. The lowest BCUT2D eigenvalue weighted by molar-refractivity contribution is -0.115. The van der Waals surface area contributed by atoms with Crippen LogP contribution >= 0.6 is 0 Å². The van der Waals surface area contributed by atoms with Crippen molar-refractivity contribution in [2.45, 2.75) is 6.42 Å². The Labute approximate surface area is 87.7 Å². The lowest BCUT2D eigenvalue weighted by atomic mass is 10.3. The Bertz CT molecular complexity index is 420. The van der Waals surface area contributed by atoms with Gasteiger partial charge < -0.3 is 9.73 Å². The molecule has 2 rings (SSSR count). The van der Waals surface area contributed by atoms with Crippen molar-refractivity contribution >= 4 is 11.6 Å². The zero-order valence-corrected chi connectivity index (χ0v) is 8.14. The van der Waals surface area contributed by atoms with E-state index in [9.17, 15) is 4.79 Å². The van der Waals surface area contributed by atoms with E-state index in [1.54, 1.807) is 18.4 Å². The first-order valence-electron chi connectivity index (χ1n) is 4.72. The summed E-state index contributed by atoms with van der Waals surface area (Å²) < 4.78 is 5.08. The third-order valence-corrected chi connectivity index (χ3v) is 1.97. The van der Waals surface area contributed by atoms with Gasteiger partial charge in [-0.25, -0.2) is 0 Å². The minimum Gasteiger partial charge on any atom is -0.469 e. The van der Waals surface area contributed by atoms with Gasteiger partial charge in [-0.1, -0.05) is 18.2 Å². The summed E-state index contributed by atoms with van der Waals surface area (Å²) in [5.41, 5.74) is 0.800. The van der Waals surface area contributed by atoms with Crippen molar-refractivity contribution in [3.8, 4) is 0 Å². The van der Waals surface area contributed by atoms with Crippen molar-refractivity contribution in [3.63, 3.8) is 0 Å². The summed E-state index contributed by atoms with van der Waals surface area (Å²) in [6, 6.07) is 12.9. The van der Waals surface area contributed by atoms with Gasteiger partial charge in [0.25, 0.3) is 0 Å². The minimum absolute atomic E-state index is 0.0730. The van der Waals surface area contributed by atoms with Gasteiger partial charge in [-0.05, 0) is 24.3 Å². The molecular formula is C12H11NO2. The van der Waals surface area contributed by atoms with Crippen LogP contribution in [0.1, 0.15) is 5.76 Å². The number of carbonyl (C=O) groups is 1. The van der Waals surface area contributed by atoms with Crippen LogP contribution in [-0.4, -0.2) is 5.91 Å². The molecule has 0 saturated carbocycles. The molecule has 0 unspecified atom stereocenters. The van der Waals surface area contributed by atoms with Crippen LogP contribution in [0.15, 0.2) is 53.1 Å². The summed E-state index contributed by atoms with van der Waals surface area (Å²) in [6.07, 6.45) is 1.83. The molecular weight excluding hydrogens is 190 g/mol. The lowest BCUT2D eigenvalue weighted by Crippen LogP contribution is -2.13. The normalized spacial score (nSPS) is 9.87. The SMILES string of the molecule is O=C(Cc1ccco1)Nc1ccccc1. The maximum atomic E-state index is 11.5. The van der Waals surface area contributed by atoms with Gasteiger partial charge in [0, 0.05) is 5.69 Å². The molecule has 76 valence electrons. The molecule has 1 heterocycles. The summed E-state index contributed by atoms with van der Waals surface area (Å²) in [5.74, 6) is 0.597. The first-order chi connectivity index (χ1) is 7.34. The molecule has 0 aliphatic carbocycles. The van der Waals surface area contributed by atoms with Crippen molar-refractivity contribution in [1.29, 1.82) is 0 Å². The molecule has 1 amide bonds. The first kappa shape index (κ1) is 9.52. The molecule has 3 nitrogen and oxygen atoms in total. The van der Waals surface area contributed by atoms with Gasteiger partial charge in [0.05, 0.1) is 12.7 Å². The number of anilines is 1. The van der Waals surface area contributed by atoms with Crippen LogP contribution < -0.4 is 5.32 Å². The maximum Gasteiger partial charge on any atom is 0.231 e. The molecule has 0 aliphatic rings. The number of hydrogen-bond donors (Lipinski definition) is 1. The van der Waals surface area contributed by atoms with Crippen molar-refractivity contribution in [2.75, 3.05) is 5.32 Å². The zero-order chi connectivity index (χ0) is 10.5. The van der Waals surface area contributed by atoms with E-state index < -0.39 is 0 Å². The van der Waals surface area contributed by atoms with Crippen LogP contribution in [-0.2, 0) is 11.2 Å². The molecule has 1 aromatic heterocycles. The zero-order valence-electron chi connectivity index (χ0n) is 8.14. The number of benzene rings is 1. The average molecular weight is 201 g/mol. The fourth-order valence-electron chi connectivity index (χ4n) is 1.30. The molecule has 15 heavy (non-hydrogen) atoms. The summed E-state index contributed by atoms with van der Waals surface area (Å²) in [4.78, 5) is 11.5. The van der Waals surface area contributed by atoms with Crippen molar-refractivity contribution in [2.24, 2.45) is 0 Å². The monoisotopic (exact) mass is 201 g/mol. The Morgan fingerprint density at radius 3 is 2.60 bits per heavy atom. The van der Waals surface area contributed by atoms with Crippen molar-refractivity contribution in [1.82, 2.24) is 0 Å². The van der Waals surface area contributed by atoms with Gasteiger partial charge in [0.15, 0.2) is 0 Å². The second kappa shape index (κ2) is 4.46. The molecule has 0 spiro atoms. The molecule has 0 atom stereocenters. The standard InChI is InChI=1S/C12H11NO2/c14-12(9-11-7-4-8-15-11)13-10-5-2-1-3-6-10/h1-8H,9H2,(H,13,14). The molecule has 0 bridgehead atoms. The largest absolute Gasteiger partial charge is 0.469 e. The van der Waals surface area contributed by atoms with E-state index in [2.05, 4.69) is 5.32 Å². The van der Waals surface area contributed by atoms with Gasteiger partial charge >= 0.3 is 0 Å². The third kappa shape index (κ3) is 2.71. The van der Waals surface area contributed by atoms with Gasteiger partial charge in [-0.2, -0.15) is 0 Å². The van der Waals surface area contributed by atoms with Crippen LogP contribution in [0, 0.1) is 0 Å². The van der Waals surface area contributed by atoms with Gasteiger partial charge in [-0.3, -0.25) is 4.79 Å². The second-order valence-electron chi connectivity index (χ2n) is 3.17.